The number of anilines is 1. The minimum absolute atomic E-state index is 0.100. The van der Waals surface area contributed by atoms with E-state index in [-0.39, 0.29) is 5.69 Å². The van der Waals surface area contributed by atoms with Crippen LogP contribution in [-0.2, 0) is 4.79 Å². The number of hydrogen-bond donors (Lipinski definition) is 3. The largest absolute Gasteiger partial charge is 0.415 e. The molecule has 19 heavy (non-hydrogen) atoms. The van der Waals surface area contributed by atoms with Gasteiger partial charge in [-0.15, -0.1) is 0 Å². The van der Waals surface area contributed by atoms with E-state index in [9.17, 15) is 23.1 Å². The van der Waals surface area contributed by atoms with Crippen LogP contribution in [0.2, 0.25) is 0 Å². The lowest BCUT2D eigenvalue weighted by Crippen LogP contribution is -2.59. The van der Waals surface area contributed by atoms with E-state index in [0.717, 1.165) is 0 Å². The zero-order valence-corrected chi connectivity index (χ0v) is 10.5. The summed E-state index contributed by atoms with van der Waals surface area (Å²) in [5.41, 5.74) is 2.42. The summed E-state index contributed by atoms with van der Waals surface area (Å²) in [4.78, 5) is 11.6. The fraction of sp³-hybridized carbons (Fsp3) is 0.417. The summed E-state index contributed by atoms with van der Waals surface area (Å²) >= 11 is 0. The Morgan fingerprint density at radius 3 is 2.37 bits per heavy atom. The Balaban J connectivity index is 3.01. The highest BCUT2D eigenvalue weighted by atomic mass is 19.4. The first-order valence-electron chi connectivity index (χ1n) is 5.51. The maximum absolute atomic E-state index is 12.6. The van der Waals surface area contributed by atoms with E-state index < -0.39 is 23.7 Å². The molecule has 0 spiro atoms. The van der Waals surface area contributed by atoms with Gasteiger partial charge >= 0.3 is 6.18 Å². The number of rotatable bonds is 3. The van der Waals surface area contributed by atoms with E-state index in [0.29, 0.717) is 12.5 Å². The molecule has 2 unspecified atom stereocenters. The standard InChI is InChI=1S/C12H15F3N2O2/c1-7(18)8-5-3-4-6-9(8)17-10(19)11(2,16)12(13,14)15/h3-7,18H,16H2,1-2H3,(H,17,19). The molecule has 0 heterocycles. The maximum Gasteiger partial charge on any atom is 0.415 e. The molecule has 0 aromatic heterocycles. The maximum atomic E-state index is 12.6. The first-order valence-corrected chi connectivity index (χ1v) is 5.51. The summed E-state index contributed by atoms with van der Waals surface area (Å²) in [6.45, 7) is 2.03. The molecule has 0 saturated carbocycles. The Hall–Kier alpha value is -1.60. The van der Waals surface area contributed by atoms with Gasteiger partial charge < -0.3 is 16.2 Å². The minimum atomic E-state index is -4.86. The third-order valence-electron chi connectivity index (χ3n) is 2.72. The fourth-order valence-corrected chi connectivity index (χ4v) is 1.36. The molecule has 4 nitrogen and oxygen atoms in total. The number of amides is 1. The number of nitrogens with one attached hydrogen (secondary N) is 1. The van der Waals surface area contributed by atoms with Gasteiger partial charge in [-0.2, -0.15) is 13.2 Å². The second-order valence-electron chi connectivity index (χ2n) is 4.42. The Kier molecular flexibility index (Phi) is 4.21. The second-order valence-corrected chi connectivity index (χ2v) is 4.42. The van der Waals surface area contributed by atoms with E-state index in [1.165, 1.54) is 25.1 Å². The third kappa shape index (κ3) is 3.24. The summed E-state index contributed by atoms with van der Waals surface area (Å²) < 4.78 is 37.8. The van der Waals surface area contributed by atoms with Gasteiger partial charge in [-0.25, -0.2) is 0 Å². The highest BCUT2D eigenvalue weighted by Gasteiger charge is 2.54. The second kappa shape index (κ2) is 5.18. The molecule has 0 radical (unpaired) electrons. The molecule has 1 aromatic rings. The average molecular weight is 276 g/mol. The van der Waals surface area contributed by atoms with Gasteiger partial charge in [0.1, 0.15) is 0 Å². The molecule has 0 saturated heterocycles. The van der Waals surface area contributed by atoms with Crippen LogP contribution in [0.3, 0.4) is 0 Å². The van der Waals surface area contributed by atoms with Crippen LogP contribution in [0.15, 0.2) is 24.3 Å². The average Bonchev–Trinajstić information content (AvgIpc) is 2.27. The van der Waals surface area contributed by atoms with Crippen molar-refractivity contribution in [2.24, 2.45) is 5.73 Å². The monoisotopic (exact) mass is 276 g/mol. The van der Waals surface area contributed by atoms with Crippen LogP contribution in [0.1, 0.15) is 25.5 Å². The van der Waals surface area contributed by atoms with Crippen molar-refractivity contribution in [3.8, 4) is 0 Å². The normalized spacial score (nSPS) is 16.6. The van der Waals surface area contributed by atoms with Gasteiger partial charge in [-0.05, 0) is 19.9 Å². The van der Waals surface area contributed by atoms with Gasteiger partial charge in [-0.1, -0.05) is 18.2 Å². The van der Waals surface area contributed by atoms with Crippen LogP contribution in [-0.4, -0.2) is 22.7 Å². The Morgan fingerprint density at radius 1 is 1.37 bits per heavy atom. The molecule has 1 rings (SSSR count). The lowest BCUT2D eigenvalue weighted by atomic mass is 10.0. The summed E-state index contributed by atoms with van der Waals surface area (Å²) in [6, 6.07) is 6.03. The van der Waals surface area contributed by atoms with Crippen LogP contribution < -0.4 is 11.1 Å². The van der Waals surface area contributed by atoms with Gasteiger partial charge in [0.2, 0.25) is 0 Å². The van der Waals surface area contributed by atoms with Crippen LogP contribution in [0.5, 0.6) is 0 Å². The number of hydrogen-bond acceptors (Lipinski definition) is 3. The number of benzene rings is 1. The van der Waals surface area contributed by atoms with Crippen LogP contribution in [0, 0.1) is 0 Å². The lowest BCUT2D eigenvalue weighted by molar-refractivity contribution is -0.184. The number of aliphatic hydroxyl groups is 1. The number of carbonyl (C=O) groups excluding carboxylic acids is 1. The minimum Gasteiger partial charge on any atom is -0.389 e. The SMILES string of the molecule is CC(O)c1ccccc1NC(=O)C(C)(N)C(F)(F)F. The Bertz CT molecular complexity index is 470. The number of halogens is 3. The summed E-state index contributed by atoms with van der Waals surface area (Å²) in [5, 5.41) is 11.6. The topological polar surface area (TPSA) is 75.3 Å². The van der Waals surface area contributed by atoms with E-state index in [4.69, 9.17) is 5.73 Å². The molecule has 106 valence electrons. The van der Waals surface area contributed by atoms with Crippen LogP contribution in [0.4, 0.5) is 18.9 Å². The zero-order chi connectivity index (χ0) is 14.8. The zero-order valence-electron chi connectivity index (χ0n) is 10.5. The van der Waals surface area contributed by atoms with Crippen molar-refractivity contribution in [3.63, 3.8) is 0 Å². The van der Waals surface area contributed by atoms with E-state index >= 15 is 0 Å². The molecule has 0 aliphatic heterocycles. The molecule has 7 heteroatoms. The molecule has 0 aliphatic carbocycles. The number of aliphatic hydroxyl groups excluding tert-OH is 1. The van der Waals surface area contributed by atoms with Crippen molar-refractivity contribution in [1.29, 1.82) is 0 Å². The molecular formula is C12H15F3N2O2. The highest BCUT2D eigenvalue weighted by Crippen LogP contribution is 2.30. The highest BCUT2D eigenvalue weighted by molar-refractivity contribution is 5.98. The Labute approximate surface area is 108 Å². The molecule has 0 aliphatic rings. The smallest absolute Gasteiger partial charge is 0.389 e. The molecule has 1 amide bonds. The van der Waals surface area contributed by atoms with Crippen molar-refractivity contribution >= 4 is 11.6 Å². The van der Waals surface area contributed by atoms with Crippen molar-refractivity contribution in [1.82, 2.24) is 0 Å². The van der Waals surface area contributed by atoms with Crippen LogP contribution in [0.25, 0.3) is 0 Å². The summed E-state index contributed by atoms with van der Waals surface area (Å²) in [6.07, 6.45) is -5.79. The third-order valence-corrected chi connectivity index (χ3v) is 2.72. The van der Waals surface area contributed by atoms with Gasteiger partial charge in [0, 0.05) is 11.3 Å². The number of para-hydroxylation sites is 1. The first-order chi connectivity index (χ1) is 8.57. The van der Waals surface area contributed by atoms with E-state index in [1.54, 1.807) is 6.07 Å². The van der Waals surface area contributed by atoms with Gasteiger partial charge in [0.05, 0.1) is 6.10 Å². The number of nitrogens with two attached hydrogens (primary N) is 1. The Morgan fingerprint density at radius 2 is 1.89 bits per heavy atom. The van der Waals surface area contributed by atoms with E-state index in [2.05, 4.69) is 5.32 Å². The molecule has 4 N–H and O–H groups in total. The molecule has 0 bridgehead atoms. The van der Waals surface area contributed by atoms with Crippen molar-refractivity contribution in [2.75, 3.05) is 5.32 Å². The number of alkyl halides is 3. The predicted octanol–water partition coefficient (Wildman–Crippen LogP) is 1.96. The van der Waals surface area contributed by atoms with Crippen molar-refractivity contribution in [3.05, 3.63) is 29.8 Å². The predicted molar refractivity (Wildman–Crippen MR) is 64.4 cm³/mol. The number of carbonyl (C=O) groups is 1. The van der Waals surface area contributed by atoms with Gasteiger partial charge in [-0.3, -0.25) is 4.79 Å². The van der Waals surface area contributed by atoms with E-state index in [1.807, 2.05) is 0 Å². The molecule has 2 atom stereocenters. The first kappa shape index (κ1) is 15.5. The molecule has 1 aromatic carbocycles. The molecule has 0 fully saturated rings. The van der Waals surface area contributed by atoms with Crippen molar-refractivity contribution < 1.29 is 23.1 Å². The van der Waals surface area contributed by atoms with Crippen LogP contribution >= 0.6 is 0 Å². The molecular weight excluding hydrogens is 261 g/mol. The summed E-state index contributed by atoms with van der Waals surface area (Å²) in [7, 11) is 0. The van der Waals surface area contributed by atoms with Gasteiger partial charge in [0.15, 0.2) is 5.54 Å². The lowest BCUT2D eigenvalue weighted by Gasteiger charge is -2.26. The summed E-state index contributed by atoms with van der Waals surface area (Å²) in [5.74, 6) is -1.38. The van der Waals surface area contributed by atoms with Gasteiger partial charge in [0.25, 0.3) is 5.91 Å². The van der Waals surface area contributed by atoms with Crippen molar-refractivity contribution in [2.45, 2.75) is 31.7 Å². The fourth-order valence-electron chi connectivity index (χ4n) is 1.36. The quantitative estimate of drug-likeness (QED) is 0.790.